The maximum atomic E-state index is 11.5. The molecule has 2 aliphatic rings. The van der Waals surface area contributed by atoms with Crippen LogP contribution in [0.5, 0.6) is 0 Å². The van der Waals surface area contributed by atoms with Crippen molar-refractivity contribution in [1.29, 1.82) is 0 Å². The zero-order valence-electron chi connectivity index (χ0n) is 8.29. The molecule has 0 saturated carbocycles. The average molecular weight is 221 g/mol. The Morgan fingerprint density at radius 2 is 2.29 bits per heavy atom. The summed E-state index contributed by atoms with van der Waals surface area (Å²) >= 11 is 0. The van der Waals surface area contributed by atoms with E-state index in [0.717, 1.165) is 13.0 Å². The summed E-state index contributed by atoms with van der Waals surface area (Å²) in [4.78, 5) is 11.5. The fourth-order valence-electron chi connectivity index (χ4n) is 2.17. The number of carbonyl (C=O) groups is 1. The van der Waals surface area contributed by atoms with Gasteiger partial charge in [-0.2, -0.15) is 0 Å². The fourth-order valence-corrected chi connectivity index (χ4v) is 2.17. The van der Waals surface area contributed by atoms with Gasteiger partial charge in [0.1, 0.15) is 6.04 Å². The summed E-state index contributed by atoms with van der Waals surface area (Å²) in [6.45, 7) is 3.19. The third-order valence-corrected chi connectivity index (χ3v) is 2.80. The highest BCUT2D eigenvalue weighted by molar-refractivity contribution is 5.85. The maximum absolute atomic E-state index is 11.5. The fraction of sp³-hybridized carbons (Fsp3) is 0.889. The molecule has 2 fully saturated rings. The number of esters is 1. The van der Waals surface area contributed by atoms with Gasteiger partial charge in [-0.3, -0.25) is 4.79 Å². The van der Waals surface area contributed by atoms with Gasteiger partial charge in [0.05, 0.1) is 6.61 Å². The molecule has 0 aromatic carbocycles. The molecule has 0 aromatic rings. The first-order valence-electron chi connectivity index (χ1n) is 4.97. The third kappa shape index (κ3) is 2.19. The topological polar surface area (TPSA) is 50.4 Å². The normalized spacial score (nSPS) is 34.8. The highest BCUT2D eigenvalue weighted by atomic mass is 35.5. The van der Waals surface area contributed by atoms with Crippen LogP contribution in [0.2, 0.25) is 0 Å². The summed E-state index contributed by atoms with van der Waals surface area (Å²) in [5.41, 5.74) is 0. The van der Waals surface area contributed by atoms with Gasteiger partial charge in [-0.05, 0) is 19.8 Å². The van der Waals surface area contributed by atoms with Crippen LogP contribution in [0, 0.1) is 0 Å². The molecule has 0 unspecified atom stereocenters. The molecule has 4 nitrogen and oxygen atoms in total. The molecular weight excluding hydrogens is 204 g/mol. The van der Waals surface area contributed by atoms with Crippen LogP contribution in [0.25, 0.3) is 0 Å². The van der Waals surface area contributed by atoms with Gasteiger partial charge in [0, 0.05) is 18.6 Å². The van der Waals surface area contributed by atoms with E-state index in [4.69, 9.17) is 4.74 Å². The molecule has 2 saturated heterocycles. The Morgan fingerprint density at radius 1 is 1.50 bits per heavy atom. The van der Waals surface area contributed by atoms with E-state index in [1.807, 2.05) is 6.92 Å². The number of hydrogen-bond donors (Lipinski definition) is 2. The summed E-state index contributed by atoms with van der Waals surface area (Å²) in [6.07, 6.45) is 2.26. The molecule has 0 amide bonds. The van der Waals surface area contributed by atoms with Gasteiger partial charge in [-0.15, -0.1) is 12.4 Å². The number of halogens is 1. The van der Waals surface area contributed by atoms with E-state index in [9.17, 15) is 4.79 Å². The number of rotatable bonds is 2. The summed E-state index contributed by atoms with van der Waals surface area (Å²) < 4.78 is 4.99. The largest absolute Gasteiger partial charge is 0.465 e. The summed E-state index contributed by atoms with van der Waals surface area (Å²) in [5, 5.41) is 6.65. The van der Waals surface area contributed by atoms with Crippen LogP contribution in [0.3, 0.4) is 0 Å². The number of carbonyl (C=O) groups excluding carboxylic acids is 1. The molecule has 0 aliphatic carbocycles. The zero-order valence-corrected chi connectivity index (χ0v) is 9.10. The van der Waals surface area contributed by atoms with Crippen molar-refractivity contribution in [1.82, 2.24) is 10.6 Å². The second-order valence-electron chi connectivity index (χ2n) is 3.69. The van der Waals surface area contributed by atoms with Crippen molar-refractivity contribution in [3.8, 4) is 0 Å². The number of piperazine rings is 1. The molecule has 2 N–H and O–H groups in total. The van der Waals surface area contributed by atoms with E-state index in [2.05, 4.69) is 10.6 Å². The Balaban J connectivity index is 0.000000980. The molecule has 14 heavy (non-hydrogen) atoms. The van der Waals surface area contributed by atoms with Gasteiger partial charge in [0.15, 0.2) is 0 Å². The SMILES string of the molecule is CCOC(=O)[C@H]1NC[C@H]2CC[C@@H]1N2.Cl. The molecule has 2 bridgehead atoms. The van der Waals surface area contributed by atoms with E-state index in [1.165, 1.54) is 6.42 Å². The average Bonchev–Trinajstić information content (AvgIpc) is 2.48. The second kappa shape index (κ2) is 4.96. The molecule has 5 heteroatoms. The van der Waals surface area contributed by atoms with Crippen LogP contribution in [0.15, 0.2) is 0 Å². The second-order valence-corrected chi connectivity index (χ2v) is 3.69. The summed E-state index contributed by atoms with van der Waals surface area (Å²) in [7, 11) is 0. The Bertz CT molecular complexity index is 213. The number of fused-ring (bicyclic) bond motifs is 2. The minimum Gasteiger partial charge on any atom is -0.465 e. The highest BCUT2D eigenvalue weighted by Crippen LogP contribution is 2.19. The van der Waals surface area contributed by atoms with Gasteiger partial charge in [0.2, 0.25) is 0 Å². The van der Waals surface area contributed by atoms with Crippen LogP contribution < -0.4 is 10.6 Å². The molecule has 2 rings (SSSR count). The third-order valence-electron chi connectivity index (χ3n) is 2.80. The monoisotopic (exact) mass is 220 g/mol. The first kappa shape index (κ1) is 11.8. The van der Waals surface area contributed by atoms with E-state index >= 15 is 0 Å². The smallest absolute Gasteiger partial charge is 0.324 e. The molecule has 82 valence electrons. The minimum absolute atomic E-state index is 0. The predicted octanol–water partition coefficient (Wildman–Crippen LogP) is 0.0637. The van der Waals surface area contributed by atoms with Gasteiger partial charge in [-0.1, -0.05) is 0 Å². The first-order valence-corrected chi connectivity index (χ1v) is 4.97. The Hall–Kier alpha value is -0.320. The molecule has 0 aromatic heterocycles. The van der Waals surface area contributed by atoms with Crippen molar-refractivity contribution in [3.05, 3.63) is 0 Å². The van der Waals surface area contributed by atoms with Crippen molar-refractivity contribution in [3.63, 3.8) is 0 Å². The van der Waals surface area contributed by atoms with E-state index in [-0.39, 0.29) is 30.5 Å². The Kier molecular flexibility index (Phi) is 4.16. The van der Waals surface area contributed by atoms with Crippen molar-refractivity contribution < 1.29 is 9.53 Å². The van der Waals surface area contributed by atoms with Crippen molar-refractivity contribution in [2.24, 2.45) is 0 Å². The van der Waals surface area contributed by atoms with Gasteiger partial charge < -0.3 is 15.4 Å². The van der Waals surface area contributed by atoms with Crippen LogP contribution in [-0.4, -0.2) is 37.2 Å². The Labute approximate surface area is 90.2 Å². The molecule has 3 atom stereocenters. The molecule has 0 radical (unpaired) electrons. The van der Waals surface area contributed by atoms with E-state index < -0.39 is 0 Å². The van der Waals surface area contributed by atoms with E-state index in [1.54, 1.807) is 0 Å². The van der Waals surface area contributed by atoms with Gasteiger partial charge >= 0.3 is 5.97 Å². The molecular formula is C9H17ClN2O2. The van der Waals surface area contributed by atoms with E-state index in [0.29, 0.717) is 12.6 Å². The van der Waals surface area contributed by atoms with Crippen LogP contribution in [0.1, 0.15) is 19.8 Å². The van der Waals surface area contributed by atoms with Crippen molar-refractivity contribution in [2.75, 3.05) is 13.2 Å². The van der Waals surface area contributed by atoms with Crippen LogP contribution in [0.4, 0.5) is 0 Å². The molecule has 0 spiro atoms. The van der Waals surface area contributed by atoms with Crippen molar-refractivity contribution >= 4 is 18.4 Å². The number of ether oxygens (including phenoxy) is 1. The van der Waals surface area contributed by atoms with Gasteiger partial charge in [-0.25, -0.2) is 0 Å². The maximum Gasteiger partial charge on any atom is 0.324 e. The quantitative estimate of drug-likeness (QED) is 0.647. The summed E-state index contributed by atoms with van der Waals surface area (Å²) in [5.74, 6) is -0.111. The lowest BCUT2D eigenvalue weighted by Gasteiger charge is -2.29. The standard InChI is InChI=1S/C9H16N2O2.ClH/c1-2-13-9(12)8-7-4-3-6(11-7)5-10-8;/h6-8,10-11H,2-5H2,1H3;1H/t6-,7+,8+;/m1./s1. The number of nitrogens with one attached hydrogen (secondary N) is 2. The zero-order chi connectivity index (χ0) is 9.26. The van der Waals surface area contributed by atoms with Crippen LogP contribution in [-0.2, 0) is 9.53 Å². The lowest BCUT2D eigenvalue weighted by Crippen LogP contribution is -2.59. The minimum atomic E-state index is -0.126. The van der Waals surface area contributed by atoms with Crippen molar-refractivity contribution in [2.45, 2.75) is 37.9 Å². The predicted molar refractivity (Wildman–Crippen MR) is 55.6 cm³/mol. The molecule has 2 aliphatic heterocycles. The van der Waals surface area contributed by atoms with Gasteiger partial charge in [0.25, 0.3) is 0 Å². The molecule has 2 heterocycles. The number of hydrogen-bond acceptors (Lipinski definition) is 4. The highest BCUT2D eigenvalue weighted by Gasteiger charge is 2.39. The first-order chi connectivity index (χ1) is 6.31. The van der Waals surface area contributed by atoms with Crippen LogP contribution >= 0.6 is 12.4 Å². The lowest BCUT2D eigenvalue weighted by atomic mass is 10.1. The summed E-state index contributed by atoms with van der Waals surface area (Å²) in [6, 6.07) is 0.729. The lowest BCUT2D eigenvalue weighted by molar-refractivity contribution is -0.146. The Morgan fingerprint density at radius 3 is 3.00 bits per heavy atom.